The van der Waals surface area contributed by atoms with E-state index >= 15 is 0 Å². The molecule has 15 heavy (non-hydrogen) atoms. The molecule has 0 spiro atoms. The zero-order valence-electron chi connectivity index (χ0n) is 10.2. The van der Waals surface area contributed by atoms with Crippen LogP contribution < -0.4 is 5.32 Å². The average Bonchev–Trinajstić information content (AvgIpc) is 2.44. The Labute approximate surface area is 93.8 Å². The lowest BCUT2D eigenvalue weighted by Crippen LogP contribution is -2.27. The molecule has 88 valence electrons. The monoisotopic (exact) mass is 211 g/mol. The molecular weight excluding hydrogens is 186 g/mol. The van der Waals surface area contributed by atoms with E-state index in [0.29, 0.717) is 17.7 Å². The van der Waals surface area contributed by atoms with E-state index in [0.717, 1.165) is 25.8 Å². The fraction of sp³-hybridized carbons (Fsp3) is 0.923. The van der Waals surface area contributed by atoms with Crippen LogP contribution in [0.3, 0.4) is 0 Å². The molecule has 1 aliphatic rings. The topological polar surface area (TPSA) is 29.1 Å². The second kappa shape index (κ2) is 7.00. The number of rotatable bonds is 5. The summed E-state index contributed by atoms with van der Waals surface area (Å²) in [5, 5.41) is 3.31. The smallest absolute Gasteiger partial charge is 0.137 e. The van der Waals surface area contributed by atoms with E-state index in [2.05, 4.69) is 19.2 Å². The summed E-state index contributed by atoms with van der Waals surface area (Å²) in [6.07, 6.45) is 8.17. The van der Waals surface area contributed by atoms with Gasteiger partial charge in [0.1, 0.15) is 5.78 Å². The van der Waals surface area contributed by atoms with E-state index in [1.54, 1.807) is 0 Å². The second-order valence-electron chi connectivity index (χ2n) is 5.01. The molecule has 2 nitrogen and oxygen atoms in total. The van der Waals surface area contributed by atoms with Crippen molar-refractivity contribution < 1.29 is 4.79 Å². The molecule has 0 bridgehead atoms. The number of hydrogen-bond acceptors (Lipinski definition) is 2. The summed E-state index contributed by atoms with van der Waals surface area (Å²) < 4.78 is 0. The number of nitrogens with one attached hydrogen (secondary N) is 1. The first-order chi connectivity index (χ1) is 7.20. The van der Waals surface area contributed by atoms with Crippen LogP contribution in [0.1, 0.15) is 58.8 Å². The van der Waals surface area contributed by atoms with Gasteiger partial charge < -0.3 is 5.32 Å². The molecule has 0 saturated heterocycles. The van der Waals surface area contributed by atoms with Gasteiger partial charge in [0.05, 0.1) is 0 Å². The van der Waals surface area contributed by atoms with Crippen molar-refractivity contribution in [1.29, 1.82) is 0 Å². The van der Waals surface area contributed by atoms with Crippen LogP contribution in [0.4, 0.5) is 0 Å². The Morgan fingerprint density at radius 3 is 2.33 bits per heavy atom. The van der Waals surface area contributed by atoms with Gasteiger partial charge in [-0.3, -0.25) is 4.79 Å². The van der Waals surface area contributed by atoms with Gasteiger partial charge in [-0.25, -0.2) is 0 Å². The molecule has 1 saturated carbocycles. The summed E-state index contributed by atoms with van der Waals surface area (Å²) in [5.41, 5.74) is 0. The van der Waals surface area contributed by atoms with E-state index in [4.69, 9.17) is 0 Å². The van der Waals surface area contributed by atoms with Gasteiger partial charge >= 0.3 is 0 Å². The largest absolute Gasteiger partial charge is 0.314 e. The molecule has 0 heterocycles. The van der Waals surface area contributed by atoms with Gasteiger partial charge in [0, 0.05) is 24.9 Å². The first-order valence-electron chi connectivity index (χ1n) is 6.46. The maximum absolute atomic E-state index is 11.9. The van der Waals surface area contributed by atoms with E-state index < -0.39 is 0 Å². The van der Waals surface area contributed by atoms with E-state index in [-0.39, 0.29) is 0 Å². The molecule has 0 amide bonds. The predicted octanol–water partition coefficient (Wildman–Crippen LogP) is 2.91. The molecule has 0 aromatic heterocycles. The van der Waals surface area contributed by atoms with Crippen molar-refractivity contribution in [2.75, 3.05) is 6.54 Å². The van der Waals surface area contributed by atoms with Gasteiger partial charge in [0.25, 0.3) is 0 Å². The summed E-state index contributed by atoms with van der Waals surface area (Å²) in [4.78, 5) is 11.9. The quantitative estimate of drug-likeness (QED) is 0.708. The van der Waals surface area contributed by atoms with Crippen molar-refractivity contribution in [3.63, 3.8) is 0 Å². The summed E-state index contributed by atoms with van der Waals surface area (Å²) in [6.45, 7) is 5.10. The lowest BCUT2D eigenvalue weighted by molar-refractivity contribution is -0.123. The fourth-order valence-electron chi connectivity index (χ4n) is 2.29. The van der Waals surface area contributed by atoms with Crippen molar-refractivity contribution in [1.82, 2.24) is 5.32 Å². The van der Waals surface area contributed by atoms with Gasteiger partial charge in [-0.15, -0.1) is 0 Å². The van der Waals surface area contributed by atoms with Crippen LogP contribution in [0.2, 0.25) is 0 Å². The highest BCUT2D eigenvalue weighted by molar-refractivity contribution is 5.81. The van der Waals surface area contributed by atoms with Crippen LogP contribution in [0.5, 0.6) is 0 Å². The van der Waals surface area contributed by atoms with Crippen molar-refractivity contribution >= 4 is 5.78 Å². The minimum Gasteiger partial charge on any atom is -0.314 e. The number of ketones is 1. The summed E-state index contributed by atoms with van der Waals surface area (Å²) in [5.74, 6) is 0.867. The minimum absolute atomic E-state index is 0.376. The second-order valence-corrected chi connectivity index (χ2v) is 5.01. The van der Waals surface area contributed by atoms with Gasteiger partial charge in [-0.1, -0.05) is 39.5 Å². The van der Waals surface area contributed by atoms with Crippen LogP contribution in [0.25, 0.3) is 0 Å². The van der Waals surface area contributed by atoms with Gasteiger partial charge in [-0.05, 0) is 12.8 Å². The van der Waals surface area contributed by atoms with Crippen molar-refractivity contribution in [3.05, 3.63) is 0 Å². The number of hydrogen-bond donors (Lipinski definition) is 1. The Bertz CT molecular complexity index is 181. The van der Waals surface area contributed by atoms with Crippen LogP contribution in [-0.2, 0) is 4.79 Å². The molecule has 0 unspecified atom stereocenters. The third kappa shape index (κ3) is 5.31. The highest BCUT2D eigenvalue weighted by Crippen LogP contribution is 2.24. The van der Waals surface area contributed by atoms with Gasteiger partial charge in [-0.2, -0.15) is 0 Å². The van der Waals surface area contributed by atoms with Crippen LogP contribution in [0.15, 0.2) is 0 Å². The fourth-order valence-corrected chi connectivity index (χ4v) is 2.29. The summed E-state index contributed by atoms with van der Waals surface area (Å²) >= 11 is 0. The normalized spacial score (nSPS) is 19.1. The van der Waals surface area contributed by atoms with Crippen molar-refractivity contribution in [3.8, 4) is 0 Å². The Hall–Kier alpha value is -0.370. The predicted molar refractivity (Wildman–Crippen MR) is 64.0 cm³/mol. The Morgan fingerprint density at radius 2 is 1.80 bits per heavy atom. The lowest BCUT2D eigenvalue weighted by atomic mass is 9.93. The summed E-state index contributed by atoms with van der Waals surface area (Å²) in [7, 11) is 0. The van der Waals surface area contributed by atoms with Crippen LogP contribution >= 0.6 is 0 Å². The van der Waals surface area contributed by atoms with E-state index in [9.17, 15) is 4.79 Å². The standard InChI is InChI=1S/C13H25NO/c1-11(2)14-10-9-13(15)12-7-5-3-4-6-8-12/h11-12,14H,3-10H2,1-2H3. The highest BCUT2D eigenvalue weighted by Gasteiger charge is 2.19. The maximum Gasteiger partial charge on any atom is 0.137 e. The van der Waals surface area contributed by atoms with Crippen LogP contribution in [-0.4, -0.2) is 18.4 Å². The van der Waals surface area contributed by atoms with E-state index in [1.807, 2.05) is 0 Å². The molecule has 0 atom stereocenters. The number of Topliss-reactive ketones (excluding diaryl/α,β-unsaturated/α-hetero) is 1. The zero-order chi connectivity index (χ0) is 11.1. The molecule has 1 fully saturated rings. The first-order valence-corrected chi connectivity index (χ1v) is 6.46. The summed E-state index contributed by atoms with van der Waals surface area (Å²) in [6, 6.07) is 0.493. The molecule has 1 rings (SSSR count). The Balaban J connectivity index is 2.19. The number of carbonyl (C=O) groups is 1. The molecule has 0 aliphatic heterocycles. The van der Waals surface area contributed by atoms with Gasteiger partial charge in [0.2, 0.25) is 0 Å². The SMILES string of the molecule is CC(C)NCCC(=O)C1CCCCCC1. The van der Waals surface area contributed by atoms with E-state index in [1.165, 1.54) is 25.7 Å². The molecular formula is C13H25NO. The molecule has 0 radical (unpaired) electrons. The minimum atomic E-state index is 0.376. The first kappa shape index (κ1) is 12.7. The Kier molecular flexibility index (Phi) is 5.92. The highest BCUT2D eigenvalue weighted by atomic mass is 16.1. The molecule has 0 aromatic carbocycles. The molecule has 0 aromatic rings. The molecule has 2 heteroatoms. The zero-order valence-corrected chi connectivity index (χ0v) is 10.2. The van der Waals surface area contributed by atoms with Crippen molar-refractivity contribution in [2.24, 2.45) is 5.92 Å². The molecule has 1 N–H and O–H groups in total. The maximum atomic E-state index is 11.9. The lowest BCUT2D eigenvalue weighted by Gasteiger charge is -2.13. The van der Waals surface area contributed by atoms with Crippen molar-refractivity contribution in [2.45, 2.75) is 64.8 Å². The third-order valence-electron chi connectivity index (χ3n) is 3.23. The van der Waals surface area contributed by atoms with Crippen LogP contribution in [0, 0.1) is 5.92 Å². The average molecular weight is 211 g/mol. The molecule has 1 aliphatic carbocycles. The number of carbonyl (C=O) groups excluding carboxylic acids is 1. The Morgan fingerprint density at radius 1 is 1.20 bits per heavy atom. The van der Waals surface area contributed by atoms with Gasteiger partial charge in [0.15, 0.2) is 0 Å². The third-order valence-corrected chi connectivity index (χ3v) is 3.23.